The standard InChI is InChI=1S/C21H28N2O2/c1-3-17(21-8-10-24-14-18(21)4-1)7-6-16-11-20(13-22-12-16)25-15-19-5-2-9-23-19/h8,10-13,17,19,23H,1-7,9,14-15H2. The van der Waals surface area contributed by atoms with Crippen molar-refractivity contribution in [2.24, 2.45) is 5.92 Å². The number of aryl methyl sites for hydroxylation is 1. The first-order chi connectivity index (χ1) is 12.4. The zero-order valence-electron chi connectivity index (χ0n) is 14.9. The largest absolute Gasteiger partial charge is 0.497 e. The van der Waals surface area contributed by atoms with Gasteiger partial charge in [0.2, 0.25) is 0 Å². The van der Waals surface area contributed by atoms with Crippen molar-refractivity contribution in [2.75, 3.05) is 19.8 Å². The molecule has 0 bridgehead atoms. The number of pyridine rings is 1. The Bertz CT molecular complexity index is 647. The minimum absolute atomic E-state index is 0.497. The monoisotopic (exact) mass is 340 g/mol. The predicted octanol–water partition coefficient (Wildman–Crippen LogP) is 3.79. The molecular weight excluding hydrogens is 312 g/mol. The highest BCUT2D eigenvalue weighted by Gasteiger charge is 2.23. The van der Waals surface area contributed by atoms with E-state index in [-0.39, 0.29) is 0 Å². The Labute approximate surface area is 150 Å². The topological polar surface area (TPSA) is 43.4 Å². The molecule has 134 valence electrons. The molecule has 2 unspecified atom stereocenters. The number of hydrogen-bond acceptors (Lipinski definition) is 4. The number of nitrogens with zero attached hydrogens (tertiary/aromatic N) is 1. The first-order valence-electron chi connectivity index (χ1n) is 9.68. The van der Waals surface area contributed by atoms with Gasteiger partial charge in [-0.05, 0) is 86.3 Å². The molecule has 3 heterocycles. The molecule has 1 saturated heterocycles. The lowest BCUT2D eigenvalue weighted by Crippen LogP contribution is -2.28. The molecule has 4 nitrogen and oxygen atoms in total. The molecular formula is C21H28N2O2. The highest BCUT2D eigenvalue weighted by atomic mass is 16.5. The zero-order chi connectivity index (χ0) is 16.9. The number of allylic oxidation sites excluding steroid dienone is 2. The Morgan fingerprint density at radius 2 is 2.24 bits per heavy atom. The molecule has 1 aromatic heterocycles. The van der Waals surface area contributed by atoms with E-state index in [1.165, 1.54) is 55.2 Å². The van der Waals surface area contributed by atoms with Crippen molar-refractivity contribution in [1.82, 2.24) is 10.3 Å². The lowest BCUT2D eigenvalue weighted by Gasteiger charge is -2.29. The number of ether oxygens (including phenoxy) is 2. The highest BCUT2D eigenvalue weighted by Crippen LogP contribution is 2.35. The van der Waals surface area contributed by atoms with Gasteiger partial charge in [-0.15, -0.1) is 0 Å². The third kappa shape index (κ3) is 4.24. The van der Waals surface area contributed by atoms with Crippen LogP contribution in [0.25, 0.3) is 0 Å². The SMILES string of the molecule is C1=CC2=C(CCCC2CCc2cncc(OCC3CCCN3)c2)CO1. The van der Waals surface area contributed by atoms with Crippen LogP contribution in [0.15, 0.2) is 41.9 Å². The summed E-state index contributed by atoms with van der Waals surface area (Å²) >= 11 is 0. The second-order valence-electron chi connectivity index (χ2n) is 7.43. The number of nitrogens with one attached hydrogen (secondary N) is 1. The van der Waals surface area contributed by atoms with Gasteiger partial charge in [0.15, 0.2) is 0 Å². The Hall–Kier alpha value is -1.81. The highest BCUT2D eigenvalue weighted by molar-refractivity contribution is 5.32. The third-order valence-electron chi connectivity index (χ3n) is 5.65. The fourth-order valence-electron chi connectivity index (χ4n) is 4.25. The van der Waals surface area contributed by atoms with Gasteiger partial charge in [0.1, 0.15) is 19.0 Å². The van der Waals surface area contributed by atoms with E-state index in [0.29, 0.717) is 12.0 Å². The Morgan fingerprint density at radius 1 is 1.24 bits per heavy atom. The van der Waals surface area contributed by atoms with Crippen molar-refractivity contribution in [3.8, 4) is 5.75 Å². The zero-order valence-corrected chi connectivity index (χ0v) is 14.9. The second-order valence-corrected chi connectivity index (χ2v) is 7.43. The molecule has 4 rings (SSSR count). The molecule has 2 aliphatic heterocycles. The van der Waals surface area contributed by atoms with Gasteiger partial charge in [-0.2, -0.15) is 0 Å². The lowest BCUT2D eigenvalue weighted by atomic mass is 9.79. The Kier molecular flexibility index (Phi) is 5.36. The molecule has 25 heavy (non-hydrogen) atoms. The van der Waals surface area contributed by atoms with Crippen LogP contribution in [0.3, 0.4) is 0 Å². The number of rotatable bonds is 6. The summed E-state index contributed by atoms with van der Waals surface area (Å²) in [7, 11) is 0. The minimum Gasteiger partial charge on any atom is -0.497 e. The van der Waals surface area contributed by atoms with E-state index >= 15 is 0 Å². The summed E-state index contributed by atoms with van der Waals surface area (Å²) in [5.74, 6) is 1.57. The molecule has 1 fully saturated rings. The fraction of sp³-hybridized carbons (Fsp3) is 0.571. The molecule has 1 aromatic rings. The minimum atomic E-state index is 0.497. The van der Waals surface area contributed by atoms with Crippen molar-refractivity contribution in [2.45, 2.75) is 51.0 Å². The average Bonchev–Trinajstić information content (AvgIpc) is 3.19. The molecule has 0 saturated carbocycles. The molecule has 0 aromatic carbocycles. The maximum Gasteiger partial charge on any atom is 0.137 e. The summed E-state index contributed by atoms with van der Waals surface area (Å²) in [6.45, 7) is 2.66. The molecule has 1 N–H and O–H groups in total. The van der Waals surface area contributed by atoms with Crippen LogP contribution in [0.2, 0.25) is 0 Å². The average molecular weight is 340 g/mol. The van der Waals surface area contributed by atoms with Crippen LogP contribution in [0.1, 0.15) is 44.1 Å². The predicted molar refractivity (Wildman–Crippen MR) is 98.5 cm³/mol. The summed E-state index contributed by atoms with van der Waals surface area (Å²) in [4.78, 5) is 4.38. The van der Waals surface area contributed by atoms with Gasteiger partial charge in [-0.25, -0.2) is 0 Å². The maximum atomic E-state index is 5.95. The third-order valence-corrected chi connectivity index (χ3v) is 5.65. The second kappa shape index (κ2) is 8.05. The van der Waals surface area contributed by atoms with Gasteiger partial charge in [0.05, 0.1) is 12.5 Å². The lowest BCUT2D eigenvalue weighted by molar-refractivity contribution is 0.259. The van der Waals surface area contributed by atoms with Gasteiger partial charge in [-0.1, -0.05) is 0 Å². The summed E-state index contributed by atoms with van der Waals surface area (Å²) < 4.78 is 11.4. The van der Waals surface area contributed by atoms with Crippen LogP contribution in [-0.2, 0) is 11.2 Å². The van der Waals surface area contributed by atoms with Crippen LogP contribution in [0.5, 0.6) is 5.75 Å². The summed E-state index contributed by atoms with van der Waals surface area (Å²) in [6.07, 6.45) is 16.4. The molecule has 0 radical (unpaired) electrons. The smallest absolute Gasteiger partial charge is 0.137 e. The number of hydrogen-bond donors (Lipinski definition) is 1. The summed E-state index contributed by atoms with van der Waals surface area (Å²) in [5.41, 5.74) is 4.32. The van der Waals surface area contributed by atoms with Gasteiger partial charge >= 0.3 is 0 Å². The van der Waals surface area contributed by atoms with Gasteiger partial charge in [0, 0.05) is 12.2 Å². The molecule has 0 spiro atoms. The van der Waals surface area contributed by atoms with E-state index < -0.39 is 0 Å². The van der Waals surface area contributed by atoms with Crippen molar-refractivity contribution in [3.05, 3.63) is 47.5 Å². The van der Waals surface area contributed by atoms with Crippen molar-refractivity contribution in [1.29, 1.82) is 0 Å². The fourth-order valence-corrected chi connectivity index (χ4v) is 4.25. The van der Waals surface area contributed by atoms with Gasteiger partial charge < -0.3 is 14.8 Å². The normalized spacial score (nSPS) is 25.6. The summed E-state index contributed by atoms with van der Waals surface area (Å²) in [5, 5.41) is 3.47. The molecule has 0 amide bonds. The molecule has 3 aliphatic rings. The van der Waals surface area contributed by atoms with Crippen LogP contribution < -0.4 is 10.1 Å². The van der Waals surface area contributed by atoms with E-state index in [9.17, 15) is 0 Å². The quantitative estimate of drug-likeness (QED) is 0.856. The van der Waals surface area contributed by atoms with Crippen molar-refractivity contribution in [3.63, 3.8) is 0 Å². The van der Waals surface area contributed by atoms with Crippen LogP contribution in [0, 0.1) is 5.92 Å². The van der Waals surface area contributed by atoms with Crippen LogP contribution in [-0.4, -0.2) is 30.8 Å². The van der Waals surface area contributed by atoms with Crippen molar-refractivity contribution >= 4 is 0 Å². The Balaban J connectivity index is 1.33. The summed E-state index contributed by atoms with van der Waals surface area (Å²) in [6, 6.07) is 2.66. The van der Waals surface area contributed by atoms with E-state index in [4.69, 9.17) is 9.47 Å². The first-order valence-corrected chi connectivity index (χ1v) is 9.68. The molecule has 4 heteroatoms. The Morgan fingerprint density at radius 3 is 3.16 bits per heavy atom. The molecule has 2 atom stereocenters. The van der Waals surface area contributed by atoms with Crippen LogP contribution in [0.4, 0.5) is 0 Å². The van der Waals surface area contributed by atoms with E-state index in [0.717, 1.165) is 31.9 Å². The first kappa shape index (κ1) is 16.6. The van der Waals surface area contributed by atoms with Crippen molar-refractivity contribution < 1.29 is 9.47 Å². The van der Waals surface area contributed by atoms with E-state index in [1.807, 2.05) is 18.7 Å². The van der Waals surface area contributed by atoms with Gasteiger partial charge in [0.25, 0.3) is 0 Å². The maximum absolute atomic E-state index is 5.95. The van der Waals surface area contributed by atoms with Gasteiger partial charge in [-0.3, -0.25) is 4.98 Å². The van der Waals surface area contributed by atoms with E-state index in [2.05, 4.69) is 22.4 Å². The molecule has 1 aliphatic carbocycles. The van der Waals surface area contributed by atoms with E-state index in [1.54, 1.807) is 0 Å². The number of aromatic nitrogens is 1. The van der Waals surface area contributed by atoms with Crippen LogP contribution >= 0.6 is 0 Å².